The van der Waals surface area contributed by atoms with Gasteiger partial charge in [0.05, 0.1) is 22.2 Å². The monoisotopic (exact) mass is 363 g/mol. The van der Waals surface area contributed by atoms with Gasteiger partial charge in [-0.1, -0.05) is 17.3 Å². The minimum absolute atomic E-state index is 0.0206. The lowest BCUT2D eigenvalue weighted by molar-refractivity contribution is -0.384. The normalized spacial score (nSPS) is 10.9. The molecule has 9 nitrogen and oxygen atoms in total. The Morgan fingerprint density at radius 3 is 2.89 bits per heavy atom. The van der Waals surface area contributed by atoms with Gasteiger partial charge in [0.15, 0.2) is 11.5 Å². The summed E-state index contributed by atoms with van der Waals surface area (Å²) in [6.45, 7) is 1.86. The van der Waals surface area contributed by atoms with E-state index in [2.05, 4.69) is 20.7 Å². The molecule has 0 saturated heterocycles. The fraction of sp³-hybridized carbons (Fsp3) is 0.0556. The standard InChI is InChI=1S/C18H13N5O4/c1-10-6-11-9-19-21-14(11)7-13(10)20-18(24)15-8-17(27-22-15)12-4-2-3-5-16(12)23(25)26/h2-9H,1H3,(H,19,21)(H,20,24). The van der Waals surface area contributed by atoms with Crippen LogP contribution in [0, 0.1) is 17.0 Å². The molecule has 4 aromatic rings. The number of fused-ring (bicyclic) bond motifs is 1. The number of carbonyl (C=O) groups is 1. The highest BCUT2D eigenvalue weighted by molar-refractivity contribution is 6.04. The maximum absolute atomic E-state index is 12.5. The van der Waals surface area contributed by atoms with Crippen LogP contribution in [0.15, 0.2) is 53.2 Å². The van der Waals surface area contributed by atoms with Crippen LogP contribution in [-0.2, 0) is 0 Å². The van der Waals surface area contributed by atoms with Crippen molar-refractivity contribution in [1.82, 2.24) is 15.4 Å². The Morgan fingerprint density at radius 2 is 2.07 bits per heavy atom. The summed E-state index contributed by atoms with van der Waals surface area (Å²) in [5, 5.41) is 25.4. The van der Waals surface area contributed by atoms with Crippen molar-refractivity contribution in [2.24, 2.45) is 0 Å². The summed E-state index contributed by atoms with van der Waals surface area (Å²) in [7, 11) is 0. The van der Waals surface area contributed by atoms with Crippen LogP contribution in [0.5, 0.6) is 0 Å². The molecule has 4 rings (SSSR count). The highest BCUT2D eigenvalue weighted by Crippen LogP contribution is 2.30. The van der Waals surface area contributed by atoms with Gasteiger partial charge in [-0.25, -0.2) is 0 Å². The average Bonchev–Trinajstić information content (AvgIpc) is 3.31. The fourth-order valence-electron chi connectivity index (χ4n) is 2.78. The number of aromatic nitrogens is 3. The van der Waals surface area contributed by atoms with Crippen molar-refractivity contribution in [3.05, 3.63) is 70.0 Å². The maximum atomic E-state index is 12.5. The number of nitrogens with zero attached hydrogens (tertiary/aromatic N) is 3. The summed E-state index contributed by atoms with van der Waals surface area (Å²) < 4.78 is 5.16. The first-order valence-corrected chi connectivity index (χ1v) is 7.98. The molecule has 27 heavy (non-hydrogen) atoms. The Balaban J connectivity index is 1.62. The largest absolute Gasteiger partial charge is 0.355 e. The third-order valence-corrected chi connectivity index (χ3v) is 4.14. The molecule has 0 aliphatic rings. The first kappa shape index (κ1) is 16.5. The van der Waals surface area contributed by atoms with Gasteiger partial charge < -0.3 is 9.84 Å². The molecule has 0 atom stereocenters. The van der Waals surface area contributed by atoms with E-state index in [1.165, 1.54) is 18.2 Å². The van der Waals surface area contributed by atoms with Crippen molar-refractivity contribution in [3.63, 3.8) is 0 Å². The van der Waals surface area contributed by atoms with Crippen molar-refractivity contribution in [2.75, 3.05) is 5.32 Å². The van der Waals surface area contributed by atoms with Gasteiger partial charge in [-0.2, -0.15) is 5.10 Å². The predicted octanol–water partition coefficient (Wildman–Crippen LogP) is 3.69. The summed E-state index contributed by atoms with van der Waals surface area (Å²) in [6.07, 6.45) is 1.70. The van der Waals surface area contributed by atoms with E-state index >= 15 is 0 Å². The third kappa shape index (κ3) is 3.01. The number of nitro groups is 1. The molecular formula is C18H13N5O4. The average molecular weight is 363 g/mol. The lowest BCUT2D eigenvalue weighted by atomic mass is 10.1. The number of benzene rings is 2. The van der Waals surface area contributed by atoms with E-state index in [-0.39, 0.29) is 22.7 Å². The molecule has 0 unspecified atom stereocenters. The van der Waals surface area contributed by atoms with E-state index < -0.39 is 10.8 Å². The molecule has 0 fully saturated rings. The molecule has 2 aromatic carbocycles. The second-order valence-electron chi connectivity index (χ2n) is 5.93. The van der Waals surface area contributed by atoms with Crippen molar-refractivity contribution >= 4 is 28.2 Å². The quantitative estimate of drug-likeness (QED) is 0.420. The molecule has 2 aromatic heterocycles. The van der Waals surface area contributed by atoms with Crippen LogP contribution in [0.1, 0.15) is 16.1 Å². The molecule has 0 aliphatic heterocycles. The van der Waals surface area contributed by atoms with Crippen LogP contribution in [0.25, 0.3) is 22.2 Å². The van der Waals surface area contributed by atoms with Crippen LogP contribution in [0.2, 0.25) is 0 Å². The summed E-state index contributed by atoms with van der Waals surface area (Å²) in [5.74, 6) is -0.334. The second kappa shape index (κ2) is 6.37. The highest BCUT2D eigenvalue weighted by Gasteiger charge is 2.21. The van der Waals surface area contributed by atoms with Gasteiger partial charge in [-0.05, 0) is 30.7 Å². The van der Waals surface area contributed by atoms with Gasteiger partial charge in [0.25, 0.3) is 11.6 Å². The zero-order valence-corrected chi connectivity index (χ0v) is 14.1. The van der Waals surface area contributed by atoms with E-state index in [0.29, 0.717) is 5.69 Å². The van der Waals surface area contributed by atoms with Gasteiger partial charge in [-0.15, -0.1) is 0 Å². The molecule has 2 heterocycles. The lowest BCUT2D eigenvalue weighted by Crippen LogP contribution is -2.13. The van der Waals surface area contributed by atoms with Gasteiger partial charge in [0, 0.05) is 23.2 Å². The number of carbonyl (C=O) groups excluding carboxylic acids is 1. The molecule has 9 heteroatoms. The molecule has 2 N–H and O–H groups in total. The molecule has 0 bridgehead atoms. The van der Waals surface area contributed by atoms with Crippen LogP contribution in [0.3, 0.4) is 0 Å². The van der Waals surface area contributed by atoms with Crippen LogP contribution in [-0.4, -0.2) is 26.2 Å². The minimum Gasteiger partial charge on any atom is -0.355 e. The molecule has 1 amide bonds. The predicted molar refractivity (Wildman–Crippen MR) is 97.4 cm³/mol. The van der Waals surface area contributed by atoms with E-state index in [1.54, 1.807) is 24.4 Å². The molecule has 0 aliphatic carbocycles. The Morgan fingerprint density at radius 1 is 1.26 bits per heavy atom. The molecular weight excluding hydrogens is 350 g/mol. The van der Waals surface area contributed by atoms with Gasteiger partial charge in [0.1, 0.15) is 0 Å². The second-order valence-corrected chi connectivity index (χ2v) is 5.93. The smallest absolute Gasteiger partial charge is 0.280 e. The number of hydrogen-bond acceptors (Lipinski definition) is 6. The summed E-state index contributed by atoms with van der Waals surface area (Å²) >= 11 is 0. The first-order valence-electron chi connectivity index (χ1n) is 7.98. The van der Waals surface area contributed by atoms with Gasteiger partial charge in [0.2, 0.25) is 0 Å². The first-order chi connectivity index (χ1) is 13.0. The summed E-state index contributed by atoms with van der Waals surface area (Å²) in [5.41, 5.74) is 2.40. The number of hydrogen-bond donors (Lipinski definition) is 2. The Kier molecular flexibility index (Phi) is 3.88. The molecule has 0 radical (unpaired) electrons. The number of aryl methyl sites for hydroxylation is 1. The van der Waals surface area contributed by atoms with E-state index in [0.717, 1.165) is 16.5 Å². The van der Waals surface area contributed by atoms with Crippen molar-refractivity contribution in [3.8, 4) is 11.3 Å². The van der Waals surface area contributed by atoms with E-state index in [9.17, 15) is 14.9 Å². The van der Waals surface area contributed by atoms with Crippen LogP contribution in [0.4, 0.5) is 11.4 Å². The maximum Gasteiger partial charge on any atom is 0.280 e. The van der Waals surface area contributed by atoms with Crippen molar-refractivity contribution < 1.29 is 14.2 Å². The number of rotatable bonds is 4. The molecule has 134 valence electrons. The number of H-pyrrole nitrogens is 1. The molecule has 0 spiro atoms. The van der Waals surface area contributed by atoms with Crippen LogP contribution < -0.4 is 5.32 Å². The zero-order valence-electron chi connectivity index (χ0n) is 14.1. The Hall–Kier alpha value is -4.01. The van der Waals surface area contributed by atoms with Crippen molar-refractivity contribution in [2.45, 2.75) is 6.92 Å². The highest BCUT2D eigenvalue weighted by atomic mass is 16.6. The lowest BCUT2D eigenvalue weighted by Gasteiger charge is -2.06. The van der Waals surface area contributed by atoms with Crippen LogP contribution >= 0.6 is 0 Å². The SMILES string of the molecule is Cc1cc2cn[nH]c2cc1NC(=O)c1cc(-c2ccccc2[N+](=O)[O-])on1. The number of anilines is 1. The number of amides is 1. The fourth-order valence-corrected chi connectivity index (χ4v) is 2.78. The molecule has 0 saturated carbocycles. The summed E-state index contributed by atoms with van der Waals surface area (Å²) in [6, 6.07) is 11.2. The number of para-hydroxylation sites is 1. The third-order valence-electron chi connectivity index (χ3n) is 4.14. The summed E-state index contributed by atoms with van der Waals surface area (Å²) in [4.78, 5) is 23.2. The van der Waals surface area contributed by atoms with Crippen molar-refractivity contribution in [1.29, 1.82) is 0 Å². The van der Waals surface area contributed by atoms with Gasteiger partial charge >= 0.3 is 0 Å². The van der Waals surface area contributed by atoms with E-state index in [1.807, 2.05) is 13.0 Å². The number of nitro benzene ring substituents is 1. The number of nitrogens with one attached hydrogen (secondary N) is 2. The zero-order chi connectivity index (χ0) is 19.0. The Bertz CT molecular complexity index is 1180. The number of aromatic amines is 1. The minimum atomic E-state index is -0.513. The Labute approximate surface area is 152 Å². The topological polar surface area (TPSA) is 127 Å². The van der Waals surface area contributed by atoms with E-state index in [4.69, 9.17) is 4.52 Å². The van der Waals surface area contributed by atoms with Gasteiger partial charge in [-0.3, -0.25) is 20.0 Å².